The molecule has 6 nitrogen and oxygen atoms in total. The summed E-state index contributed by atoms with van der Waals surface area (Å²) in [6.45, 7) is 7.79. The van der Waals surface area contributed by atoms with Gasteiger partial charge in [-0.3, -0.25) is 11.5 Å². The number of esters is 2. The third-order valence-corrected chi connectivity index (χ3v) is 3.68. The highest BCUT2D eigenvalue weighted by Gasteiger charge is 2.27. The summed E-state index contributed by atoms with van der Waals surface area (Å²) >= 11 is 0. The SMILES string of the molecule is CCC(CC)C(N)OC(=O)C(=O)OC(N)C(CC)CC. The van der Waals surface area contributed by atoms with Crippen LogP contribution in [0.1, 0.15) is 53.4 Å². The Kier molecular flexibility index (Phi) is 9.16. The van der Waals surface area contributed by atoms with Crippen LogP contribution in [0.5, 0.6) is 0 Å². The highest BCUT2D eigenvalue weighted by Crippen LogP contribution is 2.14. The van der Waals surface area contributed by atoms with Crippen LogP contribution in [0.2, 0.25) is 0 Å². The first-order valence-electron chi connectivity index (χ1n) is 7.33. The standard InChI is InChI=1S/C14H28N2O4/c1-5-9(6-2)11(15)19-13(17)14(18)20-12(16)10(7-3)8-4/h9-12H,5-8,15-16H2,1-4H3. The van der Waals surface area contributed by atoms with Gasteiger partial charge in [0.15, 0.2) is 12.5 Å². The van der Waals surface area contributed by atoms with E-state index in [-0.39, 0.29) is 11.8 Å². The van der Waals surface area contributed by atoms with Gasteiger partial charge in [-0.05, 0) is 25.7 Å². The summed E-state index contributed by atoms with van der Waals surface area (Å²) in [4.78, 5) is 23.2. The van der Waals surface area contributed by atoms with Crippen LogP contribution < -0.4 is 11.5 Å². The van der Waals surface area contributed by atoms with Crippen molar-refractivity contribution < 1.29 is 19.1 Å². The Balaban J connectivity index is 4.38. The maximum absolute atomic E-state index is 11.6. The lowest BCUT2D eigenvalue weighted by atomic mass is 10.0. The lowest BCUT2D eigenvalue weighted by Crippen LogP contribution is -2.41. The number of carbonyl (C=O) groups excluding carboxylic acids is 2. The molecule has 2 atom stereocenters. The van der Waals surface area contributed by atoms with Gasteiger partial charge in [0.25, 0.3) is 0 Å². The molecule has 0 aromatic carbocycles. The van der Waals surface area contributed by atoms with Crippen molar-refractivity contribution in [2.45, 2.75) is 65.8 Å². The zero-order valence-corrected chi connectivity index (χ0v) is 12.9. The summed E-state index contributed by atoms with van der Waals surface area (Å²) in [5.74, 6) is -2.10. The monoisotopic (exact) mass is 288 g/mol. The molecule has 0 aliphatic rings. The Hall–Kier alpha value is -1.14. The van der Waals surface area contributed by atoms with Gasteiger partial charge in [0.1, 0.15) is 0 Å². The lowest BCUT2D eigenvalue weighted by molar-refractivity contribution is -0.177. The molecule has 0 aromatic rings. The van der Waals surface area contributed by atoms with E-state index < -0.39 is 24.4 Å². The number of nitrogens with two attached hydrogens (primary N) is 2. The summed E-state index contributed by atoms with van der Waals surface area (Å²) in [7, 11) is 0. The molecule has 0 amide bonds. The van der Waals surface area contributed by atoms with E-state index >= 15 is 0 Å². The summed E-state index contributed by atoms with van der Waals surface area (Å²) in [5, 5.41) is 0. The van der Waals surface area contributed by atoms with Gasteiger partial charge in [0, 0.05) is 11.8 Å². The fourth-order valence-corrected chi connectivity index (χ4v) is 2.04. The molecular formula is C14H28N2O4. The number of hydrogen-bond donors (Lipinski definition) is 2. The van der Waals surface area contributed by atoms with Crippen LogP contribution in [0.25, 0.3) is 0 Å². The summed E-state index contributed by atoms with van der Waals surface area (Å²) < 4.78 is 9.83. The lowest BCUT2D eigenvalue weighted by Gasteiger charge is -2.23. The summed E-state index contributed by atoms with van der Waals surface area (Å²) in [6, 6.07) is 0. The van der Waals surface area contributed by atoms with Crippen LogP contribution in [-0.2, 0) is 19.1 Å². The fourth-order valence-electron chi connectivity index (χ4n) is 2.04. The molecule has 0 aromatic heterocycles. The number of hydrogen-bond acceptors (Lipinski definition) is 6. The topological polar surface area (TPSA) is 105 Å². The van der Waals surface area contributed by atoms with Crippen LogP contribution in [0.15, 0.2) is 0 Å². The van der Waals surface area contributed by atoms with E-state index in [2.05, 4.69) is 0 Å². The molecule has 0 saturated heterocycles. The van der Waals surface area contributed by atoms with Gasteiger partial charge in [-0.15, -0.1) is 0 Å². The Morgan fingerprint density at radius 3 is 1.20 bits per heavy atom. The summed E-state index contributed by atoms with van der Waals surface area (Å²) in [5.41, 5.74) is 11.5. The largest absolute Gasteiger partial charge is 0.438 e. The van der Waals surface area contributed by atoms with E-state index in [1.807, 2.05) is 27.7 Å². The van der Waals surface area contributed by atoms with Crippen molar-refractivity contribution in [2.75, 3.05) is 0 Å². The smallest absolute Gasteiger partial charge is 0.419 e. The second kappa shape index (κ2) is 9.72. The molecule has 0 radical (unpaired) electrons. The third-order valence-electron chi connectivity index (χ3n) is 3.68. The minimum atomic E-state index is -1.08. The van der Waals surface area contributed by atoms with Gasteiger partial charge < -0.3 is 9.47 Å². The molecule has 4 N–H and O–H groups in total. The number of carbonyl (C=O) groups is 2. The molecule has 118 valence electrons. The molecule has 0 rings (SSSR count). The molecule has 20 heavy (non-hydrogen) atoms. The van der Waals surface area contributed by atoms with Crippen LogP contribution in [0.4, 0.5) is 0 Å². The Labute approximate surface area is 121 Å². The highest BCUT2D eigenvalue weighted by atomic mass is 16.6. The molecule has 0 heterocycles. The molecule has 0 saturated carbocycles. The van der Waals surface area contributed by atoms with Crippen molar-refractivity contribution in [3.63, 3.8) is 0 Å². The van der Waals surface area contributed by atoms with Crippen molar-refractivity contribution in [2.24, 2.45) is 23.3 Å². The minimum Gasteiger partial charge on any atom is -0.438 e. The van der Waals surface area contributed by atoms with Crippen LogP contribution in [0.3, 0.4) is 0 Å². The van der Waals surface area contributed by atoms with Crippen LogP contribution in [0, 0.1) is 11.8 Å². The van der Waals surface area contributed by atoms with Gasteiger partial charge in [-0.1, -0.05) is 27.7 Å². The first-order valence-corrected chi connectivity index (χ1v) is 7.33. The fraction of sp³-hybridized carbons (Fsp3) is 0.857. The quantitative estimate of drug-likeness (QED) is 0.398. The van der Waals surface area contributed by atoms with Crippen LogP contribution >= 0.6 is 0 Å². The summed E-state index contributed by atoms with van der Waals surface area (Å²) in [6.07, 6.45) is 1.49. The van der Waals surface area contributed by atoms with E-state index in [0.29, 0.717) is 0 Å². The molecular weight excluding hydrogens is 260 g/mol. The van der Waals surface area contributed by atoms with Crippen molar-refractivity contribution in [1.82, 2.24) is 0 Å². The number of ether oxygens (including phenoxy) is 2. The molecule has 2 unspecified atom stereocenters. The molecule has 0 aliphatic heterocycles. The normalized spacial score (nSPS) is 14.2. The van der Waals surface area contributed by atoms with Gasteiger partial charge >= 0.3 is 11.9 Å². The number of rotatable bonds is 8. The van der Waals surface area contributed by atoms with Crippen molar-refractivity contribution in [1.29, 1.82) is 0 Å². The van der Waals surface area contributed by atoms with E-state index in [9.17, 15) is 9.59 Å². The van der Waals surface area contributed by atoms with E-state index in [4.69, 9.17) is 20.9 Å². The second-order valence-electron chi connectivity index (χ2n) is 4.89. The molecule has 0 spiro atoms. The maximum atomic E-state index is 11.6. The third kappa shape index (κ3) is 5.88. The molecule has 0 bridgehead atoms. The van der Waals surface area contributed by atoms with Gasteiger partial charge in [-0.25, -0.2) is 9.59 Å². The van der Waals surface area contributed by atoms with Crippen molar-refractivity contribution >= 4 is 11.9 Å². The highest BCUT2D eigenvalue weighted by molar-refractivity contribution is 6.29. The van der Waals surface area contributed by atoms with E-state index in [0.717, 1.165) is 25.7 Å². The zero-order chi connectivity index (χ0) is 15.7. The average Bonchev–Trinajstić information content (AvgIpc) is 2.41. The van der Waals surface area contributed by atoms with Gasteiger partial charge in [-0.2, -0.15) is 0 Å². The predicted molar refractivity (Wildman–Crippen MR) is 76.3 cm³/mol. The van der Waals surface area contributed by atoms with Crippen molar-refractivity contribution in [3.8, 4) is 0 Å². The minimum absolute atomic E-state index is 0.0273. The molecule has 6 heteroatoms. The zero-order valence-electron chi connectivity index (χ0n) is 12.9. The second-order valence-corrected chi connectivity index (χ2v) is 4.89. The molecule has 0 fully saturated rings. The maximum Gasteiger partial charge on any atom is 0.419 e. The Bertz CT molecular complexity index is 272. The van der Waals surface area contributed by atoms with Crippen LogP contribution in [-0.4, -0.2) is 24.4 Å². The van der Waals surface area contributed by atoms with Gasteiger partial charge in [0.05, 0.1) is 0 Å². The average molecular weight is 288 g/mol. The van der Waals surface area contributed by atoms with E-state index in [1.54, 1.807) is 0 Å². The first kappa shape index (κ1) is 18.9. The first-order chi connectivity index (χ1) is 9.40. The predicted octanol–water partition coefficient (Wildman–Crippen LogP) is 1.51. The Morgan fingerprint density at radius 2 is 1.00 bits per heavy atom. The molecule has 0 aliphatic carbocycles. The van der Waals surface area contributed by atoms with E-state index in [1.165, 1.54) is 0 Å². The Morgan fingerprint density at radius 1 is 0.750 bits per heavy atom. The van der Waals surface area contributed by atoms with Crippen molar-refractivity contribution in [3.05, 3.63) is 0 Å². The van der Waals surface area contributed by atoms with Gasteiger partial charge in [0.2, 0.25) is 0 Å².